The van der Waals surface area contributed by atoms with Crippen molar-refractivity contribution in [1.29, 1.82) is 0 Å². The fourth-order valence-corrected chi connectivity index (χ4v) is 2.16. The molecule has 0 fully saturated rings. The van der Waals surface area contributed by atoms with E-state index in [1.807, 2.05) is 30.3 Å². The summed E-state index contributed by atoms with van der Waals surface area (Å²) >= 11 is 6.02. The molecule has 0 atom stereocenters. The number of hydrogen-bond donors (Lipinski definition) is 0. The van der Waals surface area contributed by atoms with Crippen molar-refractivity contribution in [3.63, 3.8) is 0 Å². The van der Waals surface area contributed by atoms with E-state index >= 15 is 0 Å². The van der Waals surface area contributed by atoms with Gasteiger partial charge < -0.3 is 14.2 Å². The summed E-state index contributed by atoms with van der Waals surface area (Å²) in [5.74, 6) is 0.476. The molecule has 0 amide bonds. The van der Waals surface area contributed by atoms with E-state index < -0.39 is 5.97 Å². The first-order chi connectivity index (χ1) is 9.74. The van der Waals surface area contributed by atoms with Crippen molar-refractivity contribution in [1.82, 2.24) is 0 Å². The van der Waals surface area contributed by atoms with E-state index in [1.54, 1.807) is 6.07 Å². The normalized spacial score (nSPS) is 12.2. The van der Waals surface area contributed by atoms with Crippen LogP contribution >= 0.6 is 11.6 Å². The summed E-state index contributed by atoms with van der Waals surface area (Å²) in [5.41, 5.74) is 1.27. The molecular formula is C15H11ClO4. The number of hydrogen-bond acceptors (Lipinski definition) is 4. The van der Waals surface area contributed by atoms with Crippen molar-refractivity contribution in [2.24, 2.45) is 0 Å². The van der Waals surface area contributed by atoms with Crippen LogP contribution in [0, 0.1) is 0 Å². The molecule has 0 saturated heterocycles. The number of carbonyl (C=O) groups excluding carboxylic acids is 1. The molecule has 0 radical (unpaired) electrons. The van der Waals surface area contributed by atoms with E-state index in [1.165, 1.54) is 6.07 Å². The maximum Gasteiger partial charge on any atom is 0.338 e. The standard InChI is InChI=1S/C15H11ClO4/c16-12-6-11(7-13-14(12)20-9-19-13)15(17)18-8-10-4-2-1-3-5-10/h1-7H,8-9H2. The average molecular weight is 291 g/mol. The Morgan fingerprint density at radius 1 is 1.20 bits per heavy atom. The van der Waals surface area contributed by atoms with Crippen molar-refractivity contribution >= 4 is 17.6 Å². The zero-order chi connectivity index (χ0) is 13.9. The Kier molecular flexibility index (Phi) is 3.48. The third-order valence-corrected chi connectivity index (χ3v) is 3.16. The molecule has 1 aliphatic rings. The summed E-state index contributed by atoms with van der Waals surface area (Å²) in [7, 11) is 0. The van der Waals surface area contributed by atoms with E-state index in [2.05, 4.69) is 0 Å². The number of carbonyl (C=O) groups is 1. The average Bonchev–Trinajstić information content (AvgIpc) is 2.95. The van der Waals surface area contributed by atoms with E-state index in [0.29, 0.717) is 22.1 Å². The van der Waals surface area contributed by atoms with Crippen molar-refractivity contribution in [3.8, 4) is 11.5 Å². The Balaban J connectivity index is 1.73. The minimum absolute atomic E-state index is 0.109. The highest BCUT2D eigenvalue weighted by molar-refractivity contribution is 6.32. The summed E-state index contributed by atoms with van der Waals surface area (Å²) in [4.78, 5) is 12.0. The zero-order valence-electron chi connectivity index (χ0n) is 10.5. The summed E-state index contributed by atoms with van der Waals surface area (Å²) in [6.45, 7) is 0.323. The number of fused-ring (bicyclic) bond motifs is 1. The van der Waals surface area contributed by atoms with E-state index in [-0.39, 0.29) is 13.4 Å². The van der Waals surface area contributed by atoms with Gasteiger partial charge in [-0.05, 0) is 17.7 Å². The van der Waals surface area contributed by atoms with Crippen LogP contribution in [0.25, 0.3) is 0 Å². The Labute approximate surface area is 120 Å². The Morgan fingerprint density at radius 3 is 2.80 bits per heavy atom. The molecule has 20 heavy (non-hydrogen) atoms. The number of rotatable bonds is 3. The molecule has 0 N–H and O–H groups in total. The molecule has 0 unspecified atom stereocenters. The van der Waals surface area contributed by atoms with Gasteiger partial charge in [0.2, 0.25) is 6.79 Å². The maximum absolute atomic E-state index is 12.0. The quantitative estimate of drug-likeness (QED) is 0.813. The van der Waals surface area contributed by atoms with E-state index in [4.69, 9.17) is 25.8 Å². The van der Waals surface area contributed by atoms with Gasteiger partial charge in [-0.1, -0.05) is 41.9 Å². The number of esters is 1. The fraction of sp³-hybridized carbons (Fsp3) is 0.133. The monoisotopic (exact) mass is 290 g/mol. The van der Waals surface area contributed by atoms with Crippen LogP contribution in [0.3, 0.4) is 0 Å². The second-order valence-corrected chi connectivity index (χ2v) is 4.66. The van der Waals surface area contributed by atoms with Crippen LogP contribution in [-0.4, -0.2) is 12.8 Å². The van der Waals surface area contributed by atoms with Crippen LogP contribution < -0.4 is 9.47 Å². The number of halogens is 1. The second-order valence-electron chi connectivity index (χ2n) is 4.25. The van der Waals surface area contributed by atoms with Gasteiger partial charge in [0.15, 0.2) is 11.5 Å². The Morgan fingerprint density at radius 2 is 2.00 bits per heavy atom. The van der Waals surface area contributed by atoms with Crippen molar-refractivity contribution in [2.45, 2.75) is 6.61 Å². The molecule has 3 rings (SSSR count). The van der Waals surface area contributed by atoms with Crippen molar-refractivity contribution in [3.05, 3.63) is 58.6 Å². The van der Waals surface area contributed by atoms with E-state index in [0.717, 1.165) is 5.56 Å². The second kappa shape index (κ2) is 5.43. The first kappa shape index (κ1) is 12.8. The molecule has 1 aliphatic heterocycles. The number of ether oxygens (including phenoxy) is 3. The van der Waals surface area contributed by atoms with Gasteiger partial charge in [0, 0.05) is 0 Å². The third-order valence-electron chi connectivity index (χ3n) is 2.88. The molecule has 0 saturated carbocycles. The van der Waals surface area contributed by atoms with E-state index in [9.17, 15) is 4.79 Å². The molecule has 4 nitrogen and oxygen atoms in total. The van der Waals surface area contributed by atoms with Gasteiger partial charge in [-0.25, -0.2) is 4.79 Å². The van der Waals surface area contributed by atoms with Gasteiger partial charge in [-0.15, -0.1) is 0 Å². The molecule has 2 aromatic rings. The SMILES string of the molecule is O=C(OCc1ccccc1)c1cc(Cl)c2c(c1)OCO2. The first-order valence-corrected chi connectivity index (χ1v) is 6.42. The highest BCUT2D eigenvalue weighted by Crippen LogP contribution is 2.39. The van der Waals surface area contributed by atoms with Crippen molar-refractivity contribution < 1.29 is 19.0 Å². The molecule has 102 valence electrons. The van der Waals surface area contributed by atoms with Crippen LogP contribution in [0.1, 0.15) is 15.9 Å². The summed E-state index contributed by atoms with van der Waals surface area (Å²) in [6, 6.07) is 12.5. The van der Waals surface area contributed by atoms with Gasteiger partial charge >= 0.3 is 5.97 Å². The highest BCUT2D eigenvalue weighted by Gasteiger charge is 2.21. The molecule has 0 aromatic heterocycles. The van der Waals surface area contributed by atoms with Gasteiger partial charge in [-0.3, -0.25) is 0 Å². The smallest absolute Gasteiger partial charge is 0.338 e. The van der Waals surface area contributed by atoms with Gasteiger partial charge in [0.05, 0.1) is 10.6 Å². The topological polar surface area (TPSA) is 44.8 Å². The van der Waals surface area contributed by atoms with Crippen LogP contribution in [0.15, 0.2) is 42.5 Å². The molecule has 5 heteroatoms. The molecule has 1 heterocycles. The molecule has 0 spiro atoms. The van der Waals surface area contributed by atoms with Gasteiger partial charge in [0.1, 0.15) is 6.61 Å². The Bertz CT molecular complexity index is 640. The maximum atomic E-state index is 12.0. The largest absolute Gasteiger partial charge is 0.457 e. The summed E-state index contributed by atoms with van der Waals surface area (Å²) in [5, 5.41) is 0.340. The van der Waals surface area contributed by atoms with Crippen LogP contribution in [-0.2, 0) is 11.3 Å². The minimum atomic E-state index is -0.450. The fourth-order valence-electron chi connectivity index (χ4n) is 1.89. The van der Waals surface area contributed by atoms with Crippen LogP contribution in [0.4, 0.5) is 0 Å². The zero-order valence-corrected chi connectivity index (χ0v) is 11.2. The van der Waals surface area contributed by atoms with Crippen LogP contribution in [0.5, 0.6) is 11.5 Å². The number of benzene rings is 2. The van der Waals surface area contributed by atoms with Gasteiger partial charge in [0.25, 0.3) is 0 Å². The predicted octanol–water partition coefficient (Wildman–Crippen LogP) is 3.43. The summed E-state index contributed by atoms with van der Waals surface area (Å²) < 4.78 is 15.6. The molecule has 0 bridgehead atoms. The minimum Gasteiger partial charge on any atom is -0.457 e. The highest BCUT2D eigenvalue weighted by atomic mass is 35.5. The third kappa shape index (κ3) is 2.56. The van der Waals surface area contributed by atoms with Crippen LogP contribution in [0.2, 0.25) is 5.02 Å². The lowest BCUT2D eigenvalue weighted by molar-refractivity contribution is 0.0472. The Hall–Kier alpha value is -2.20. The van der Waals surface area contributed by atoms with Gasteiger partial charge in [-0.2, -0.15) is 0 Å². The lowest BCUT2D eigenvalue weighted by atomic mass is 10.2. The lowest BCUT2D eigenvalue weighted by Crippen LogP contribution is -2.05. The molecule has 2 aromatic carbocycles. The first-order valence-electron chi connectivity index (χ1n) is 6.04. The molecular weight excluding hydrogens is 280 g/mol. The summed E-state index contributed by atoms with van der Waals surface area (Å²) in [6.07, 6.45) is 0. The molecule has 0 aliphatic carbocycles. The van der Waals surface area contributed by atoms with Crippen molar-refractivity contribution in [2.75, 3.05) is 6.79 Å². The predicted molar refractivity (Wildman–Crippen MR) is 73.1 cm³/mol. The lowest BCUT2D eigenvalue weighted by Gasteiger charge is -2.06.